The van der Waals surface area contributed by atoms with Crippen LogP contribution in [0.4, 0.5) is 11.6 Å². The summed E-state index contributed by atoms with van der Waals surface area (Å²) in [5.74, 6) is 0.391. The first-order chi connectivity index (χ1) is 12.2. The number of benzene rings is 1. The molecule has 6 heteroatoms. The van der Waals surface area contributed by atoms with E-state index in [0.29, 0.717) is 11.6 Å². The summed E-state index contributed by atoms with van der Waals surface area (Å²) in [6, 6.07) is 11.6. The molecule has 25 heavy (non-hydrogen) atoms. The van der Waals surface area contributed by atoms with Crippen LogP contribution in [0.5, 0.6) is 0 Å². The van der Waals surface area contributed by atoms with Gasteiger partial charge in [0.2, 0.25) is 5.95 Å². The van der Waals surface area contributed by atoms with E-state index >= 15 is 0 Å². The zero-order chi connectivity index (χ0) is 17.2. The summed E-state index contributed by atoms with van der Waals surface area (Å²) < 4.78 is 0. The number of fused-ring (bicyclic) bond motifs is 1. The van der Waals surface area contributed by atoms with Gasteiger partial charge < -0.3 is 10.2 Å². The number of anilines is 2. The molecule has 1 aromatic carbocycles. The quantitative estimate of drug-likeness (QED) is 0.796. The van der Waals surface area contributed by atoms with Crippen molar-refractivity contribution in [1.29, 1.82) is 0 Å². The minimum absolute atomic E-state index is 0.0258. The lowest BCUT2D eigenvalue weighted by atomic mass is 10.2. The van der Waals surface area contributed by atoms with Crippen LogP contribution in [-0.4, -0.2) is 38.8 Å². The van der Waals surface area contributed by atoms with Crippen molar-refractivity contribution in [1.82, 2.24) is 19.9 Å². The molecule has 4 rings (SSSR count). The molecule has 0 unspecified atom stereocenters. The maximum atomic E-state index is 12.6. The van der Waals surface area contributed by atoms with Crippen LogP contribution in [0.1, 0.15) is 29.0 Å². The van der Waals surface area contributed by atoms with Crippen molar-refractivity contribution >= 4 is 28.4 Å². The van der Waals surface area contributed by atoms with Gasteiger partial charge in [0.15, 0.2) is 0 Å². The number of hydrogen-bond acceptors (Lipinski definition) is 5. The monoisotopic (exact) mass is 333 g/mol. The van der Waals surface area contributed by atoms with E-state index in [2.05, 4.69) is 20.3 Å². The molecule has 1 amide bonds. The Morgan fingerprint density at radius 2 is 1.92 bits per heavy atom. The molecule has 1 saturated heterocycles. The summed E-state index contributed by atoms with van der Waals surface area (Å²) in [7, 11) is 0. The van der Waals surface area contributed by atoms with E-state index in [4.69, 9.17) is 0 Å². The molecule has 3 heterocycles. The molecular formula is C19H19N5O. The Hall–Kier alpha value is -3.02. The number of carbonyl (C=O) groups excluding carboxylic acids is 1. The van der Waals surface area contributed by atoms with Crippen molar-refractivity contribution in [3.05, 3.63) is 54.0 Å². The zero-order valence-corrected chi connectivity index (χ0v) is 14.1. The molecular weight excluding hydrogens is 314 g/mol. The second-order valence-corrected chi connectivity index (χ2v) is 6.22. The Labute approximate surface area is 145 Å². The van der Waals surface area contributed by atoms with E-state index in [0.717, 1.165) is 48.2 Å². The number of aromatic nitrogens is 3. The Balaban J connectivity index is 1.67. The first-order valence-corrected chi connectivity index (χ1v) is 8.46. The van der Waals surface area contributed by atoms with Crippen molar-refractivity contribution < 1.29 is 4.79 Å². The van der Waals surface area contributed by atoms with Crippen molar-refractivity contribution in [2.24, 2.45) is 0 Å². The minimum atomic E-state index is -0.0258. The van der Waals surface area contributed by atoms with Gasteiger partial charge in [-0.1, -0.05) is 18.2 Å². The largest absolute Gasteiger partial charge is 0.337 e. The molecule has 1 N–H and O–H groups in total. The lowest BCUT2D eigenvalue weighted by Crippen LogP contribution is -2.28. The second kappa shape index (κ2) is 6.47. The molecule has 0 bridgehead atoms. The second-order valence-electron chi connectivity index (χ2n) is 6.22. The molecule has 1 fully saturated rings. The van der Waals surface area contributed by atoms with E-state index in [-0.39, 0.29) is 5.91 Å². The van der Waals surface area contributed by atoms with Gasteiger partial charge in [0.05, 0.1) is 11.2 Å². The number of aryl methyl sites for hydroxylation is 1. The SMILES string of the molecule is Cc1cc(C(=O)N2CCCC2)nc(Nc2cccc3cccnc23)n1. The minimum Gasteiger partial charge on any atom is -0.337 e. The van der Waals surface area contributed by atoms with E-state index in [1.54, 1.807) is 12.3 Å². The number of nitrogens with one attached hydrogen (secondary N) is 1. The van der Waals surface area contributed by atoms with Gasteiger partial charge in [-0.05, 0) is 38.0 Å². The van der Waals surface area contributed by atoms with Gasteiger partial charge in [-0.3, -0.25) is 9.78 Å². The van der Waals surface area contributed by atoms with Gasteiger partial charge in [-0.15, -0.1) is 0 Å². The summed E-state index contributed by atoms with van der Waals surface area (Å²) >= 11 is 0. The number of hydrogen-bond donors (Lipinski definition) is 1. The normalized spacial score (nSPS) is 14.0. The van der Waals surface area contributed by atoms with Crippen LogP contribution in [0.2, 0.25) is 0 Å². The molecule has 126 valence electrons. The van der Waals surface area contributed by atoms with Crippen molar-refractivity contribution in [2.45, 2.75) is 19.8 Å². The Bertz CT molecular complexity index is 929. The molecule has 3 aromatic rings. The summed E-state index contributed by atoms with van der Waals surface area (Å²) in [4.78, 5) is 27.8. The smallest absolute Gasteiger partial charge is 0.272 e. The molecule has 0 atom stereocenters. The average molecular weight is 333 g/mol. The average Bonchev–Trinajstić information content (AvgIpc) is 3.15. The summed E-state index contributed by atoms with van der Waals surface area (Å²) in [5, 5.41) is 4.25. The zero-order valence-electron chi connectivity index (χ0n) is 14.1. The topological polar surface area (TPSA) is 71.0 Å². The van der Waals surface area contributed by atoms with Gasteiger partial charge >= 0.3 is 0 Å². The standard InChI is InChI=1S/C19H19N5O/c1-13-12-16(18(25)24-10-2-3-11-24)23-19(21-13)22-15-8-4-6-14-7-5-9-20-17(14)15/h4-9,12H,2-3,10-11H2,1H3,(H,21,22,23). The van der Waals surface area contributed by atoms with E-state index in [1.165, 1.54) is 0 Å². The number of likely N-dealkylation sites (tertiary alicyclic amines) is 1. The maximum absolute atomic E-state index is 12.6. The molecule has 0 aliphatic carbocycles. The third-order valence-corrected chi connectivity index (χ3v) is 4.35. The number of para-hydroxylation sites is 1. The highest BCUT2D eigenvalue weighted by molar-refractivity contribution is 5.94. The molecule has 1 aliphatic rings. The van der Waals surface area contributed by atoms with Gasteiger partial charge in [0.1, 0.15) is 5.69 Å². The highest BCUT2D eigenvalue weighted by Gasteiger charge is 2.21. The number of carbonyl (C=O) groups is 1. The van der Waals surface area contributed by atoms with Crippen LogP contribution in [0.3, 0.4) is 0 Å². The first-order valence-electron chi connectivity index (χ1n) is 8.46. The summed E-state index contributed by atoms with van der Waals surface area (Å²) in [5.41, 5.74) is 2.86. The Morgan fingerprint density at radius 3 is 2.76 bits per heavy atom. The summed E-state index contributed by atoms with van der Waals surface area (Å²) in [6.07, 6.45) is 3.87. The van der Waals surface area contributed by atoms with Crippen LogP contribution in [0, 0.1) is 6.92 Å². The Morgan fingerprint density at radius 1 is 1.12 bits per heavy atom. The number of nitrogens with zero attached hydrogens (tertiary/aromatic N) is 4. The van der Waals surface area contributed by atoms with E-state index in [1.807, 2.05) is 42.2 Å². The third-order valence-electron chi connectivity index (χ3n) is 4.35. The molecule has 0 spiro atoms. The predicted octanol–water partition coefficient (Wildman–Crippen LogP) is 3.31. The van der Waals surface area contributed by atoms with Crippen LogP contribution in [0.25, 0.3) is 10.9 Å². The van der Waals surface area contributed by atoms with Crippen molar-refractivity contribution in [3.8, 4) is 0 Å². The Kier molecular flexibility index (Phi) is 4.01. The first kappa shape index (κ1) is 15.5. The molecule has 0 radical (unpaired) electrons. The van der Waals surface area contributed by atoms with E-state index in [9.17, 15) is 4.79 Å². The van der Waals surface area contributed by atoms with E-state index < -0.39 is 0 Å². The van der Waals surface area contributed by atoms with Crippen LogP contribution < -0.4 is 5.32 Å². The predicted molar refractivity (Wildman–Crippen MR) is 96.9 cm³/mol. The lowest BCUT2D eigenvalue weighted by molar-refractivity contribution is 0.0787. The van der Waals surface area contributed by atoms with Crippen molar-refractivity contribution in [3.63, 3.8) is 0 Å². The molecule has 0 saturated carbocycles. The van der Waals surface area contributed by atoms with Gasteiger partial charge in [-0.25, -0.2) is 9.97 Å². The number of rotatable bonds is 3. The highest BCUT2D eigenvalue weighted by atomic mass is 16.2. The fourth-order valence-corrected chi connectivity index (χ4v) is 3.14. The highest BCUT2D eigenvalue weighted by Crippen LogP contribution is 2.23. The fraction of sp³-hybridized carbons (Fsp3) is 0.263. The third kappa shape index (κ3) is 3.15. The van der Waals surface area contributed by atoms with Crippen LogP contribution in [-0.2, 0) is 0 Å². The van der Waals surface area contributed by atoms with Crippen LogP contribution >= 0.6 is 0 Å². The molecule has 1 aliphatic heterocycles. The maximum Gasteiger partial charge on any atom is 0.272 e. The summed E-state index contributed by atoms with van der Waals surface area (Å²) in [6.45, 7) is 3.48. The number of pyridine rings is 1. The fourth-order valence-electron chi connectivity index (χ4n) is 3.14. The van der Waals surface area contributed by atoms with Crippen molar-refractivity contribution in [2.75, 3.05) is 18.4 Å². The number of amides is 1. The van der Waals surface area contributed by atoms with Gasteiger partial charge in [0.25, 0.3) is 5.91 Å². The van der Waals surface area contributed by atoms with Crippen LogP contribution in [0.15, 0.2) is 42.6 Å². The lowest BCUT2D eigenvalue weighted by Gasteiger charge is -2.15. The van der Waals surface area contributed by atoms with Gasteiger partial charge in [0, 0.05) is 30.4 Å². The molecule has 2 aromatic heterocycles. The molecule has 6 nitrogen and oxygen atoms in total. The van der Waals surface area contributed by atoms with Gasteiger partial charge in [-0.2, -0.15) is 0 Å².